The summed E-state index contributed by atoms with van der Waals surface area (Å²) in [6, 6.07) is 7.34. The molecular formula is C19H22N2O4. The summed E-state index contributed by atoms with van der Waals surface area (Å²) in [4.78, 5) is 30.0. The lowest BCUT2D eigenvalue weighted by Gasteiger charge is -2.34. The number of oxazole rings is 1. The number of ether oxygens (including phenoxy) is 1. The van der Waals surface area contributed by atoms with Gasteiger partial charge >= 0.3 is 5.97 Å². The third kappa shape index (κ3) is 4.47. The zero-order valence-corrected chi connectivity index (χ0v) is 14.5. The topological polar surface area (TPSA) is 72.6 Å². The molecule has 0 aliphatic carbocycles. The summed E-state index contributed by atoms with van der Waals surface area (Å²) >= 11 is 0. The van der Waals surface area contributed by atoms with E-state index in [0.717, 1.165) is 25.0 Å². The van der Waals surface area contributed by atoms with E-state index >= 15 is 0 Å². The van der Waals surface area contributed by atoms with Gasteiger partial charge in [-0.3, -0.25) is 4.79 Å². The molecule has 3 rings (SSSR count). The maximum absolute atomic E-state index is 12.2. The number of rotatable bonds is 4. The highest BCUT2D eigenvalue weighted by atomic mass is 16.5. The van der Waals surface area contributed by atoms with Gasteiger partial charge in [-0.25, -0.2) is 9.78 Å². The van der Waals surface area contributed by atoms with Gasteiger partial charge in [0.15, 0.2) is 12.2 Å². The van der Waals surface area contributed by atoms with Gasteiger partial charge in [0, 0.05) is 25.2 Å². The van der Waals surface area contributed by atoms with Gasteiger partial charge in [-0.15, -0.1) is 0 Å². The Morgan fingerprint density at radius 1 is 1.28 bits per heavy atom. The smallest absolute Gasteiger partial charge is 0.331 e. The number of fused-ring (bicyclic) bond motifs is 1. The van der Waals surface area contributed by atoms with E-state index in [1.54, 1.807) is 11.0 Å². The molecule has 2 atom stereocenters. The van der Waals surface area contributed by atoms with E-state index in [0.29, 0.717) is 23.3 Å². The Bertz CT molecular complexity index is 753. The van der Waals surface area contributed by atoms with Gasteiger partial charge in [-0.1, -0.05) is 26.0 Å². The fourth-order valence-corrected chi connectivity index (χ4v) is 3.24. The van der Waals surface area contributed by atoms with Crippen LogP contribution in [0.2, 0.25) is 0 Å². The summed E-state index contributed by atoms with van der Waals surface area (Å²) in [7, 11) is 0. The van der Waals surface area contributed by atoms with Crippen LogP contribution in [0.25, 0.3) is 17.2 Å². The molecule has 132 valence electrons. The van der Waals surface area contributed by atoms with Gasteiger partial charge in [-0.2, -0.15) is 0 Å². The first-order chi connectivity index (χ1) is 12.0. The Kier molecular flexibility index (Phi) is 5.16. The number of benzene rings is 1. The second-order valence-corrected chi connectivity index (χ2v) is 6.71. The van der Waals surface area contributed by atoms with E-state index in [2.05, 4.69) is 18.8 Å². The fraction of sp³-hybridized carbons (Fsp3) is 0.421. The first-order valence-corrected chi connectivity index (χ1v) is 8.49. The molecule has 0 radical (unpaired) electrons. The van der Waals surface area contributed by atoms with Crippen molar-refractivity contribution in [2.75, 3.05) is 19.7 Å². The second-order valence-electron chi connectivity index (χ2n) is 6.71. The van der Waals surface area contributed by atoms with Gasteiger partial charge < -0.3 is 14.1 Å². The predicted octanol–water partition coefficient (Wildman–Crippen LogP) is 2.89. The van der Waals surface area contributed by atoms with Crippen LogP contribution in [0.15, 0.2) is 34.8 Å². The van der Waals surface area contributed by atoms with Crippen molar-refractivity contribution in [2.24, 2.45) is 11.8 Å². The van der Waals surface area contributed by atoms with Crippen LogP contribution in [0.5, 0.6) is 0 Å². The third-order valence-corrected chi connectivity index (χ3v) is 4.23. The summed E-state index contributed by atoms with van der Waals surface area (Å²) < 4.78 is 10.5. The first-order valence-electron chi connectivity index (χ1n) is 8.49. The maximum atomic E-state index is 12.2. The van der Waals surface area contributed by atoms with Crippen LogP contribution in [0.1, 0.15) is 26.2 Å². The maximum Gasteiger partial charge on any atom is 0.331 e. The summed E-state index contributed by atoms with van der Waals surface area (Å²) in [5.41, 5.74) is 1.37. The molecule has 1 saturated heterocycles. The lowest BCUT2D eigenvalue weighted by atomic mass is 9.92. The number of hydrogen-bond donors (Lipinski definition) is 0. The quantitative estimate of drug-likeness (QED) is 0.631. The van der Waals surface area contributed by atoms with Crippen molar-refractivity contribution in [3.8, 4) is 0 Å². The number of likely N-dealkylation sites (tertiary alicyclic amines) is 1. The summed E-state index contributed by atoms with van der Waals surface area (Å²) in [6.45, 7) is 5.46. The van der Waals surface area contributed by atoms with Crippen molar-refractivity contribution < 1.29 is 18.7 Å². The number of para-hydroxylation sites is 2. The Labute approximate surface area is 146 Å². The van der Waals surface area contributed by atoms with E-state index in [4.69, 9.17) is 9.15 Å². The van der Waals surface area contributed by atoms with Crippen molar-refractivity contribution in [1.82, 2.24) is 9.88 Å². The molecule has 1 aliphatic rings. The van der Waals surface area contributed by atoms with Crippen LogP contribution < -0.4 is 0 Å². The van der Waals surface area contributed by atoms with Crippen LogP contribution in [0, 0.1) is 11.8 Å². The average Bonchev–Trinajstić information content (AvgIpc) is 3.00. The molecule has 0 N–H and O–H groups in total. The molecule has 0 spiro atoms. The van der Waals surface area contributed by atoms with E-state index in [1.165, 1.54) is 12.2 Å². The van der Waals surface area contributed by atoms with E-state index in [9.17, 15) is 9.59 Å². The third-order valence-electron chi connectivity index (χ3n) is 4.23. The van der Waals surface area contributed by atoms with Crippen molar-refractivity contribution in [2.45, 2.75) is 20.3 Å². The SMILES string of the molecule is C[C@@H]1C[C@H](C)CN(C(=O)COC(=O)/C=C/c2nc3ccccc3o2)C1. The summed E-state index contributed by atoms with van der Waals surface area (Å²) in [5.74, 6) is 0.531. The molecule has 0 unspecified atom stereocenters. The minimum atomic E-state index is -0.589. The van der Waals surface area contributed by atoms with E-state index in [-0.39, 0.29) is 12.5 Å². The zero-order valence-electron chi connectivity index (χ0n) is 14.5. The van der Waals surface area contributed by atoms with Crippen molar-refractivity contribution in [3.05, 3.63) is 36.2 Å². The van der Waals surface area contributed by atoms with Gasteiger partial charge in [0.25, 0.3) is 5.91 Å². The van der Waals surface area contributed by atoms with Gasteiger partial charge in [0.1, 0.15) is 5.52 Å². The Morgan fingerprint density at radius 2 is 2.00 bits per heavy atom. The zero-order chi connectivity index (χ0) is 17.8. The molecule has 6 nitrogen and oxygen atoms in total. The number of amides is 1. The molecule has 1 amide bonds. The van der Waals surface area contributed by atoms with Gasteiger partial charge in [0.2, 0.25) is 5.89 Å². The highest BCUT2D eigenvalue weighted by molar-refractivity contribution is 5.89. The number of hydrogen-bond acceptors (Lipinski definition) is 5. The molecule has 1 aliphatic heterocycles. The fourth-order valence-electron chi connectivity index (χ4n) is 3.24. The van der Waals surface area contributed by atoms with E-state index < -0.39 is 5.97 Å². The highest BCUT2D eigenvalue weighted by Gasteiger charge is 2.25. The standard InChI is InChI=1S/C19H22N2O4/c1-13-9-14(2)11-21(10-13)18(22)12-24-19(23)8-7-17-20-15-5-3-4-6-16(15)25-17/h3-8,13-14H,9-12H2,1-2H3/b8-7+/t13-,14+. The minimum absolute atomic E-state index is 0.151. The Balaban J connectivity index is 1.51. The molecular weight excluding hydrogens is 320 g/mol. The second kappa shape index (κ2) is 7.51. The Morgan fingerprint density at radius 3 is 2.72 bits per heavy atom. The molecule has 2 aromatic rings. The largest absolute Gasteiger partial charge is 0.452 e. The highest BCUT2D eigenvalue weighted by Crippen LogP contribution is 2.21. The molecule has 1 aromatic heterocycles. The molecule has 6 heteroatoms. The van der Waals surface area contributed by atoms with Crippen molar-refractivity contribution in [1.29, 1.82) is 0 Å². The van der Waals surface area contributed by atoms with Crippen LogP contribution >= 0.6 is 0 Å². The van der Waals surface area contributed by atoms with Crippen molar-refractivity contribution >= 4 is 29.1 Å². The predicted molar refractivity (Wildman–Crippen MR) is 93.5 cm³/mol. The number of piperidine rings is 1. The molecule has 1 fully saturated rings. The van der Waals surface area contributed by atoms with Crippen LogP contribution in [-0.2, 0) is 14.3 Å². The van der Waals surface area contributed by atoms with E-state index in [1.807, 2.05) is 18.2 Å². The normalized spacial score (nSPS) is 21.0. The number of esters is 1. The molecule has 0 bridgehead atoms. The number of carbonyl (C=O) groups excluding carboxylic acids is 2. The number of carbonyl (C=O) groups is 2. The van der Waals surface area contributed by atoms with Gasteiger partial charge in [0.05, 0.1) is 0 Å². The molecule has 25 heavy (non-hydrogen) atoms. The number of nitrogens with zero attached hydrogens (tertiary/aromatic N) is 2. The first kappa shape index (κ1) is 17.2. The lowest BCUT2D eigenvalue weighted by Crippen LogP contribution is -2.44. The molecule has 1 aromatic carbocycles. The van der Waals surface area contributed by atoms with Crippen LogP contribution in [0.3, 0.4) is 0 Å². The van der Waals surface area contributed by atoms with Crippen LogP contribution in [-0.4, -0.2) is 41.5 Å². The Hall–Kier alpha value is -2.63. The number of aromatic nitrogens is 1. The monoisotopic (exact) mass is 342 g/mol. The molecule has 0 saturated carbocycles. The summed E-state index contributed by atoms with van der Waals surface area (Å²) in [6.07, 6.45) is 3.79. The van der Waals surface area contributed by atoms with Crippen LogP contribution in [0.4, 0.5) is 0 Å². The summed E-state index contributed by atoms with van der Waals surface area (Å²) in [5, 5.41) is 0. The van der Waals surface area contributed by atoms with Gasteiger partial charge in [-0.05, 0) is 30.4 Å². The molecule has 2 heterocycles. The van der Waals surface area contributed by atoms with Crippen molar-refractivity contribution in [3.63, 3.8) is 0 Å². The lowest BCUT2D eigenvalue weighted by molar-refractivity contribution is -0.149. The minimum Gasteiger partial charge on any atom is -0.452 e. The average molecular weight is 342 g/mol.